The molecule has 272 valence electrons. The van der Waals surface area contributed by atoms with Crippen molar-refractivity contribution in [2.75, 3.05) is 39.6 Å². The van der Waals surface area contributed by atoms with Gasteiger partial charge < -0.3 is 33.5 Å². The number of rotatable bonds is 21. The summed E-state index contributed by atoms with van der Waals surface area (Å²) in [5.41, 5.74) is -3.12. The van der Waals surface area contributed by atoms with Crippen molar-refractivity contribution in [3.05, 3.63) is 0 Å². The Morgan fingerprint density at radius 1 is 0.702 bits per heavy atom. The van der Waals surface area contributed by atoms with Gasteiger partial charge in [-0.2, -0.15) is 26.3 Å². The Balaban J connectivity index is 5.66. The first-order valence-corrected chi connectivity index (χ1v) is 14.3. The minimum Gasteiger partial charge on any atom is -0.481 e. The van der Waals surface area contributed by atoms with Gasteiger partial charge >= 0.3 is 48.2 Å². The Hall–Kier alpha value is -3.64. The average Bonchev–Trinajstić information content (AvgIpc) is 2.94. The van der Waals surface area contributed by atoms with Crippen LogP contribution in [0.25, 0.3) is 0 Å². The van der Waals surface area contributed by atoms with Crippen molar-refractivity contribution < 1.29 is 88.6 Å². The van der Waals surface area contributed by atoms with Crippen LogP contribution in [0.3, 0.4) is 0 Å². The predicted octanol–water partition coefficient (Wildman–Crippen LogP) is 3.94. The second-order valence-corrected chi connectivity index (χ2v) is 11.1. The minimum absolute atomic E-state index is 0.00709. The van der Waals surface area contributed by atoms with E-state index >= 15 is 0 Å². The molecule has 47 heavy (non-hydrogen) atoms. The van der Waals surface area contributed by atoms with Gasteiger partial charge in [-0.1, -0.05) is 6.92 Å². The zero-order valence-corrected chi connectivity index (χ0v) is 26.5. The van der Waals surface area contributed by atoms with E-state index in [0.717, 1.165) is 0 Å². The van der Waals surface area contributed by atoms with E-state index in [1.807, 2.05) is 0 Å². The fourth-order valence-corrected chi connectivity index (χ4v) is 4.22. The van der Waals surface area contributed by atoms with Crippen molar-refractivity contribution in [3.8, 4) is 0 Å². The molecule has 0 saturated carbocycles. The summed E-state index contributed by atoms with van der Waals surface area (Å²) in [6, 6.07) is 0. The van der Waals surface area contributed by atoms with E-state index in [4.69, 9.17) is 24.1 Å². The van der Waals surface area contributed by atoms with Crippen LogP contribution in [0.4, 0.5) is 26.3 Å². The molecule has 0 aromatic rings. The Morgan fingerprint density at radius 2 is 1.23 bits per heavy atom. The third-order valence-corrected chi connectivity index (χ3v) is 6.36. The summed E-state index contributed by atoms with van der Waals surface area (Å²) in [6.07, 6.45) is -18.1. The summed E-state index contributed by atoms with van der Waals surface area (Å²) >= 11 is 0. The molecule has 0 aliphatic carbocycles. The van der Waals surface area contributed by atoms with Crippen LogP contribution in [0.1, 0.15) is 66.7 Å². The van der Waals surface area contributed by atoms with Crippen LogP contribution in [0, 0.1) is 16.7 Å². The van der Waals surface area contributed by atoms with Crippen molar-refractivity contribution in [1.29, 1.82) is 0 Å². The zero-order chi connectivity index (χ0) is 36.6. The normalized spacial score (nSPS) is 14.0. The lowest BCUT2D eigenvalue weighted by Crippen LogP contribution is -2.46. The lowest BCUT2D eigenvalue weighted by atomic mass is 9.69. The number of ether oxygens (including phenoxy) is 6. The first-order valence-electron chi connectivity index (χ1n) is 14.3. The molecule has 19 heteroatoms. The van der Waals surface area contributed by atoms with Crippen molar-refractivity contribution in [1.82, 2.24) is 0 Å². The van der Waals surface area contributed by atoms with Crippen LogP contribution in [-0.4, -0.2) is 99.0 Å². The Labute approximate surface area is 266 Å². The van der Waals surface area contributed by atoms with Gasteiger partial charge in [0, 0.05) is 6.61 Å². The summed E-state index contributed by atoms with van der Waals surface area (Å²) in [5.74, 6) is -8.44. The molecule has 0 fully saturated rings. The van der Waals surface area contributed by atoms with E-state index in [9.17, 15) is 55.1 Å². The number of carboxylic acid groups (broad SMARTS) is 1. The van der Waals surface area contributed by atoms with Gasteiger partial charge in [0.25, 0.3) is 6.10 Å². The summed E-state index contributed by atoms with van der Waals surface area (Å²) < 4.78 is 105. The highest BCUT2D eigenvalue weighted by atomic mass is 19.4. The molecule has 2 atom stereocenters. The van der Waals surface area contributed by atoms with Crippen LogP contribution < -0.4 is 0 Å². The fourth-order valence-electron chi connectivity index (χ4n) is 4.22. The highest BCUT2D eigenvalue weighted by molar-refractivity contribution is 5.82. The van der Waals surface area contributed by atoms with Gasteiger partial charge in [-0.15, -0.1) is 0 Å². The highest BCUT2D eigenvalue weighted by Gasteiger charge is 2.60. The predicted molar refractivity (Wildman–Crippen MR) is 144 cm³/mol. The number of halogens is 6. The van der Waals surface area contributed by atoms with E-state index in [-0.39, 0.29) is 26.1 Å². The molecule has 0 rings (SSSR count). The van der Waals surface area contributed by atoms with Gasteiger partial charge in [0.15, 0.2) is 6.61 Å². The lowest BCUT2D eigenvalue weighted by molar-refractivity contribution is -0.313. The molecule has 0 aliphatic rings. The molecular weight excluding hydrogens is 658 g/mol. The van der Waals surface area contributed by atoms with Gasteiger partial charge in [-0.05, 0) is 47.0 Å². The molecule has 0 amide bonds. The van der Waals surface area contributed by atoms with E-state index in [2.05, 4.69) is 9.47 Å². The summed E-state index contributed by atoms with van der Waals surface area (Å²) in [4.78, 5) is 72.7. The number of carboxylic acids is 1. The minimum atomic E-state index is -5.98. The van der Waals surface area contributed by atoms with Crippen molar-refractivity contribution in [2.24, 2.45) is 16.7 Å². The molecule has 0 aromatic carbocycles. The SMILES string of the molecule is CCOCCOC(=O)C(C)(CC(CC)C(=O)OCC(=O)OC(C(F)(F)F)C(F)(F)F)CC(C)(C)C(=O)OCCOC(=O)CCC(=O)O. The maximum absolute atomic E-state index is 13.3. The Morgan fingerprint density at radius 3 is 1.74 bits per heavy atom. The summed E-state index contributed by atoms with van der Waals surface area (Å²) in [6.45, 7) is 4.97. The number of hydrogen-bond acceptors (Lipinski definition) is 12. The van der Waals surface area contributed by atoms with Crippen LogP contribution in [0.2, 0.25) is 0 Å². The molecule has 0 spiro atoms. The van der Waals surface area contributed by atoms with E-state index in [0.29, 0.717) is 6.61 Å². The maximum Gasteiger partial charge on any atom is 0.434 e. The number of hydrogen-bond donors (Lipinski definition) is 1. The first-order chi connectivity index (χ1) is 21.5. The van der Waals surface area contributed by atoms with Gasteiger partial charge in [-0.3, -0.25) is 24.0 Å². The first kappa shape index (κ1) is 43.4. The molecule has 0 aromatic heterocycles. The van der Waals surface area contributed by atoms with Crippen LogP contribution in [0.15, 0.2) is 0 Å². The number of alkyl halides is 6. The van der Waals surface area contributed by atoms with E-state index < -0.39 is 110 Å². The largest absolute Gasteiger partial charge is 0.481 e. The van der Waals surface area contributed by atoms with E-state index in [1.54, 1.807) is 6.92 Å². The molecule has 0 aliphatic heterocycles. The van der Waals surface area contributed by atoms with Gasteiger partial charge in [0.05, 0.1) is 36.2 Å². The molecule has 1 N–H and O–H groups in total. The molecule has 0 saturated heterocycles. The quantitative estimate of drug-likeness (QED) is 0.0790. The van der Waals surface area contributed by atoms with Gasteiger partial charge in [0.2, 0.25) is 0 Å². The van der Waals surface area contributed by atoms with E-state index in [1.165, 1.54) is 27.7 Å². The number of esters is 5. The molecular formula is C28H40F6O13. The highest BCUT2D eigenvalue weighted by Crippen LogP contribution is 2.42. The summed E-state index contributed by atoms with van der Waals surface area (Å²) in [5, 5.41) is 8.60. The van der Waals surface area contributed by atoms with Crippen molar-refractivity contribution in [3.63, 3.8) is 0 Å². The number of carbonyl (C=O) groups excluding carboxylic acids is 5. The van der Waals surface area contributed by atoms with Gasteiger partial charge in [-0.25, -0.2) is 4.79 Å². The second-order valence-electron chi connectivity index (χ2n) is 11.1. The lowest BCUT2D eigenvalue weighted by Gasteiger charge is -2.36. The van der Waals surface area contributed by atoms with Crippen molar-refractivity contribution >= 4 is 35.8 Å². The second kappa shape index (κ2) is 19.2. The number of aliphatic carboxylic acids is 1. The number of carbonyl (C=O) groups is 6. The molecule has 2 unspecified atom stereocenters. The molecule has 0 radical (unpaired) electrons. The zero-order valence-electron chi connectivity index (χ0n) is 26.5. The Bertz CT molecular complexity index is 1060. The molecule has 13 nitrogen and oxygen atoms in total. The monoisotopic (exact) mass is 698 g/mol. The van der Waals surface area contributed by atoms with Crippen LogP contribution in [-0.2, 0) is 57.2 Å². The smallest absolute Gasteiger partial charge is 0.434 e. The fraction of sp³-hybridized carbons (Fsp3) is 0.786. The third kappa shape index (κ3) is 16.7. The standard InChI is InChI=1S/C28H40F6O13/c1-6-17(21(39)46-15-20(38)47-22(27(29,30)31)28(32,33)34)14-26(5,24(41)45-11-10-42-7-2)16-25(3,4)23(40)44-13-12-43-19(37)9-8-18(35)36/h17,22H,6-16H2,1-5H3,(H,35,36). The molecule has 0 bridgehead atoms. The third-order valence-electron chi connectivity index (χ3n) is 6.36. The Kier molecular flexibility index (Phi) is 17.8. The van der Waals surface area contributed by atoms with Crippen LogP contribution in [0.5, 0.6) is 0 Å². The average molecular weight is 699 g/mol. The van der Waals surface area contributed by atoms with Crippen molar-refractivity contribution in [2.45, 2.75) is 85.2 Å². The molecule has 0 heterocycles. The topological polar surface area (TPSA) is 178 Å². The van der Waals surface area contributed by atoms with Crippen LogP contribution >= 0.6 is 0 Å². The maximum atomic E-state index is 13.3. The summed E-state index contributed by atoms with van der Waals surface area (Å²) in [7, 11) is 0. The van der Waals surface area contributed by atoms with Gasteiger partial charge in [0.1, 0.15) is 19.8 Å².